The molecule has 1 aromatic heterocycles. The molecular formula is C20H19Cl2N3O5. The lowest BCUT2D eigenvalue weighted by Gasteiger charge is -2.19. The highest BCUT2D eigenvalue weighted by Gasteiger charge is 2.37. The molecule has 2 heterocycles. The van der Waals surface area contributed by atoms with Crippen molar-refractivity contribution in [2.24, 2.45) is 5.92 Å². The third-order valence-electron chi connectivity index (χ3n) is 4.54. The van der Waals surface area contributed by atoms with Crippen LogP contribution in [-0.2, 0) is 19.1 Å². The van der Waals surface area contributed by atoms with Gasteiger partial charge >= 0.3 is 5.97 Å². The zero-order valence-electron chi connectivity index (χ0n) is 16.3. The van der Waals surface area contributed by atoms with Gasteiger partial charge in [-0.05, 0) is 25.1 Å². The zero-order valence-corrected chi connectivity index (χ0v) is 17.8. The van der Waals surface area contributed by atoms with Crippen LogP contribution >= 0.6 is 23.2 Å². The Morgan fingerprint density at radius 1 is 1.27 bits per heavy atom. The molecule has 1 fully saturated rings. The maximum atomic E-state index is 12.4. The first-order chi connectivity index (χ1) is 14.3. The van der Waals surface area contributed by atoms with Crippen LogP contribution in [0.25, 0.3) is 0 Å². The minimum atomic E-state index is -0.685. The van der Waals surface area contributed by atoms with Crippen LogP contribution in [-0.4, -0.2) is 43.0 Å². The number of nitrogens with zero attached hydrogens (tertiary/aromatic N) is 2. The molecule has 1 N–H and O–H groups in total. The van der Waals surface area contributed by atoms with Gasteiger partial charge in [0.1, 0.15) is 5.75 Å². The van der Waals surface area contributed by atoms with E-state index in [4.69, 9.17) is 32.7 Å². The van der Waals surface area contributed by atoms with Crippen molar-refractivity contribution in [3.8, 4) is 5.75 Å². The van der Waals surface area contributed by atoms with Crippen LogP contribution in [0.1, 0.15) is 12.1 Å². The lowest BCUT2D eigenvalue weighted by molar-refractivity contribution is -0.151. The third-order valence-corrected chi connectivity index (χ3v) is 5.21. The molecule has 10 heteroatoms. The van der Waals surface area contributed by atoms with Crippen molar-refractivity contribution in [2.45, 2.75) is 13.3 Å². The number of rotatable bonds is 6. The van der Waals surface area contributed by atoms with Crippen LogP contribution in [0, 0.1) is 12.8 Å². The number of hydrogen-bond acceptors (Lipinski definition) is 6. The van der Waals surface area contributed by atoms with Gasteiger partial charge in [-0.15, -0.1) is 0 Å². The van der Waals surface area contributed by atoms with Crippen LogP contribution in [0.15, 0.2) is 30.3 Å². The van der Waals surface area contributed by atoms with Crippen LogP contribution in [0.5, 0.6) is 5.75 Å². The molecule has 0 saturated carbocycles. The summed E-state index contributed by atoms with van der Waals surface area (Å²) in [6.07, 6.45) is -0.0116. The number of ether oxygens (including phenoxy) is 2. The Bertz CT molecular complexity index is 998. The number of anilines is 2. The second-order valence-corrected chi connectivity index (χ2v) is 7.43. The van der Waals surface area contributed by atoms with Gasteiger partial charge in [-0.3, -0.25) is 14.4 Å². The average molecular weight is 452 g/mol. The van der Waals surface area contributed by atoms with Gasteiger partial charge in [-0.2, -0.15) is 0 Å². The zero-order chi connectivity index (χ0) is 21.8. The Kier molecular flexibility index (Phi) is 6.79. The van der Waals surface area contributed by atoms with Gasteiger partial charge in [-0.25, -0.2) is 4.98 Å². The van der Waals surface area contributed by atoms with Gasteiger partial charge in [-0.1, -0.05) is 35.3 Å². The molecule has 8 nitrogen and oxygen atoms in total. The summed E-state index contributed by atoms with van der Waals surface area (Å²) in [6, 6.07) is 8.50. The molecule has 1 aliphatic rings. The number of amides is 2. The van der Waals surface area contributed by atoms with Gasteiger partial charge in [0.25, 0.3) is 5.91 Å². The highest BCUT2D eigenvalue weighted by atomic mass is 35.5. The maximum absolute atomic E-state index is 12.4. The number of nitrogens with one attached hydrogen (secondary N) is 1. The van der Waals surface area contributed by atoms with Crippen molar-refractivity contribution in [2.75, 3.05) is 30.5 Å². The second-order valence-electron chi connectivity index (χ2n) is 6.62. The quantitative estimate of drug-likeness (QED) is 0.676. The first kappa shape index (κ1) is 21.9. The molecule has 1 atom stereocenters. The molecule has 0 radical (unpaired) electrons. The molecule has 1 aromatic carbocycles. The lowest BCUT2D eigenvalue weighted by atomic mass is 10.1. The van der Waals surface area contributed by atoms with Crippen molar-refractivity contribution < 1.29 is 23.9 Å². The summed E-state index contributed by atoms with van der Waals surface area (Å²) in [5.41, 5.74) is 1.08. The fourth-order valence-electron chi connectivity index (χ4n) is 3.02. The maximum Gasteiger partial charge on any atom is 0.311 e. The third kappa shape index (κ3) is 4.83. The number of benzene rings is 1. The Morgan fingerprint density at radius 3 is 2.73 bits per heavy atom. The van der Waals surface area contributed by atoms with Crippen molar-refractivity contribution in [3.05, 3.63) is 46.1 Å². The summed E-state index contributed by atoms with van der Waals surface area (Å²) in [4.78, 5) is 42.4. The number of aryl methyl sites for hydroxylation is 1. The number of pyridine rings is 1. The number of esters is 1. The van der Waals surface area contributed by atoms with E-state index in [2.05, 4.69) is 10.3 Å². The molecule has 2 aromatic rings. The SMILES string of the molecule is COc1ccccc1N1C[C@H](C(=O)OCC(=O)Nc2nc(C)c(Cl)cc2Cl)CC1=O. The number of carbonyl (C=O) groups excluding carboxylic acids is 3. The van der Waals surface area contributed by atoms with Crippen molar-refractivity contribution in [1.82, 2.24) is 4.98 Å². The molecular weight excluding hydrogens is 433 g/mol. The van der Waals surface area contributed by atoms with E-state index in [9.17, 15) is 14.4 Å². The van der Waals surface area contributed by atoms with Crippen molar-refractivity contribution in [1.29, 1.82) is 0 Å². The predicted octanol–water partition coefficient (Wildman–Crippen LogP) is 3.24. The summed E-state index contributed by atoms with van der Waals surface area (Å²) in [5.74, 6) is -1.50. The van der Waals surface area contributed by atoms with Crippen LogP contribution in [0.3, 0.4) is 0 Å². The topological polar surface area (TPSA) is 97.8 Å². The van der Waals surface area contributed by atoms with Crippen LogP contribution in [0.4, 0.5) is 11.5 Å². The number of para-hydroxylation sites is 2. The van der Waals surface area contributed by atoms with Gasteiger partial charge < -0.3 is 19.7 Å². The summed E-state index contributed by atoms with van der Waals surface area (Å²) < 4.78 is 10.4. The molecule has 0 aliphatic carbocycles. The first-order valence-electron chi connectivity index (χ1n) is 9.02. The summed E-state index contributed by atoms with van der Waals surface area (Å²) >= 11 is 11.9. The fraction of sp³-hybridized carbons (Fsp3) is 0.300. The standard InChI is InChI=1S/C20H19Cl2N3O5/c1-11-13(21)8-14(22)19(23-11)24-17(26)10-30-20(28)12-7-18(27)25(9-12)15-5-3-4-6-16(15)29-2/h3-6,8,12H,7,9-10H2,1-2H3,(H,23,24,26)/t12-/m1/s1. The highest BCUT2D eigenvalue weighted by Crippen LogP contribution is 2.33. The van der Waals surface area contributed by atoms with E-state index in [1.54, 1.807) is 31.2 Å². The van der Waals surface area contributed by atoms with Gasteiger partial charge in [0.05, 0.1) is 34.5 Å². The Morgan fingerprint density at radius 2 is 2.00 bits per heavy atom. The Labute approximate surface area is 183 Å². The van der Waals surface area contributed by atoms with E-state index >= 15 is 0 Å². The number of aromatic nitrogens is 1. The molecule has 0 unspecified atom stereocenters. The van der Waals surface area contributed by atoms with E-state index in [1.807, 2.05) is 0 Å². The fourth-order valence-corrected chi connectivity index (χ4v) is 3.43. The molecule has 3 rings (SSSR count). The average Bonchev–Trinajstić information content (AvgIpc) is 3.11. The lowest BCUT2D eigenvalue weighted by Crippen LogP contribution is -2.28. The molecule has 1 saturated heterocycles. The van der Waals surface area contributed by atoms with Gasteiger partial charge in [0.2, 0.25) is 5.91 Å². The second kappa shape index (κ2) is 9.32. The summed E-state index contributed by atoms with van der Waals surface area (Å²) in [6.45, 7) is 1.28. The van der Waals surface area contributed by atoms with E-state index < -0.39 is 24.4 Å². The summed E-state index contributed by atoms with van der Waals surface area (Å²) in [7, 11) is 1.51. The van der Waals surface area contributed by atoms with Crippen LogP contribution in [0.2, 0.25) is 10.0 Å². The number of methoxy groups -OCH3 is 1. The molecule has 0 bridgehead atoms. The van der Waals surface area contributed by atoms with E-state index in [-0.39, 0.29) is 29.7 Å². The largest absolute Gasteiger partial charge is 0.495 e. The van der Waals surface area contributed by atoms with Crippen molar-refractivity contribution >= 4 is 52.5 Å². The van der Waals surface area contributed by atoms with E-state index in [0.717, 1.165) is 0 Å². The first-order valence-corrected chi connectivity index (χ1v) is 9.78. The summed E-state index contributed by atoms with van der Waals surface area (Å²) in [5, 5.41) is 3.01. The number of carbonyl (C=O) groups is 3. The normalized spacial score (nSPS) is 15.8. The molecule has 1 aliphatic heterocycles. The number of hydrogen-bond donors (Lipinski definition) is 1. The van der Waals surface area contributed by atoms with Crippen molar-refractivity contribution in [3.63, 3.8) is 0 Å². The van der Waals surface area contributed by atoms with Gasteiger partial charge in [0, 0.05) is 13.0 Å². The molecule has 2 amide bonds. The minimum absolute atomic E-state index is 0.0116. The predicted molar refractivity (Wildman–Crippen MR) is 112 cm³/mol. The van der Waals surface area contributed by atoms with E-state index in [1.165, 1.54) is 18.1 Å². The Hall–Kier alpha value is -2.84. The molecule has 0 spiro atoms. The smallest absolute Gasteiger partial charge is 0.311 e. The molecule has 158 valence electrons. The highest BCUT2D eigenvalue weighted by molar-refractivity contribution is 6.36. The monoisotopic (exact) mass is 451 g/mol. The Balaban J connectivity index is 1.57. The van der Waals surface area contributed by atoms with E-state index in [0.29, 0.717) is 22.2 Å². The molecule has 30 heavy (non-hydrogen) atoms. The van der Waals surface area contributed by atoms with Crippen LogP contribution < -0.4 is 15.0 Å². The number of halogens is 2. The van der Waals surface area contributed by atoms with Gasteiger partial charge in [0.15, 0.2) is 12.4 Å². The minimum Gasteiger partial charge on any atom is -0.495 e.